The Balaban J connectivity index is 1.34. The molecule has 0 aliphatic carbocycles. The zero-order valence-corrected chi connectivity index (χ0v) is 21.5. The Morgan fingerprint density at radius 1 is 0.784 bits per heavy atom. The van der Waals surface area contributed by atoms with E-state index in [-0.39, 0.29) is 12.4 Å². The highest BCUT2D eigenvalue weighted by molar-refractivity contribution is 7.85. The molecule has 2 aliphatic heterocycles. The predicted molar refractivity (Wildman–Crippen MR) is 138 cm³/mol. The summed E-state index contributed by atoms with van der Waals surface area (Å²) in [6, 6.07) is 29.2. The van der Waals surface area contributed by atoms with Crippen molar-refractivity contribution >= 4 is 10.8 Å². The summed E-state index contributed by atoms with van der Waals surface area (Å²) < 4.78 is 49.9. The van der Waals surface area contributed by atoms with Gasteiger partial charge in [0.05, 0.1) is 36.4 Å². The van der Waals surface area contributed by atoms with Crippen molar-refractivity contribution in [2.45, 2.75) is 55.1 Å². The molecule has 0 aromatic heterocycles. The Labute approximate surface area is 220 Å². The van der Waals surface area contributed by atoms with Gasteiger partial charge in [0.1, 0.15) is 24.4 Å². The van der Waals surface area contributed by atoms with Crippen molar-refractivity contribution in [1.82, 2.24) is 0 Å². The SMILES string of the molecule is CO[C@H]1O[C@@H]2COC(CS(=O)c3ccccc3)O[C@H]2[C@@H](OCc2ccccc2)[C@H]1OCc1ccccc1. The zero-order chi connectivity index (χ0) is 25.5. The van der Waals surface area contributed by atoms with Crippen LogP contribution in [-0.2, 0) is 52.4 Å². The van der Waals surface area contributed by atoms with Crippen molar-refractivity contribution in [3.63, 3.8) is 0 Å². The van der Waals surface area contributed by atoms with Crippen LogP contribution in [0.25, 0.3) is 0 Å². The van der Waals surface area contributed by atoms with Crippen LogP contribution >= 0.6 is 0 Å². The van der Waals surface area contributed by atoms with Gasteiger partial charge < -0.3 is 28.4 Å². The summed E-state index contributed by atoms with van der Waals surface area (Å²) in [4.78, 5) is 0.733. The fourth-order valence-electron chi connectivity index (χ4n) is 4.56. The summed E-state index contributed by atoms with van der Waals surface area (Å²) in [7, 11) is 0.321. The molecule has 3 aromatic rings. The molecule has 0 radical (unpaired) electrons. The van der Waals surface area contributed by atoms with Gasteiger partial charge in [0.25, 0.3) is 0 Å². The molecular weight excluding hydrogens is 492 g/mol. The van der Waals surface area contributed by atoms with E-state index in [1.54, 1.807) is 7.11 Å². The Morgan fingerprint density at radius 2 is 1.35 bits per heavy atom. The molecule has 2 unspecified atom stereocenters. The minimum Gasteiger partial charge on any atom is -0.368 e. The van der Waals surface area contributed by atoms with Gasteiger partial charge in [-0.3, -0.25) is 4.21 Å². The third kappa shape index (κ3) is 6.72. The van der Waals surface area contributed by atoms with Crippen LogP contribution in [-0.4, -0.2) is 60.7 Å². The first-order valence-electron chi connectivity index (χ1n) is 12.4. The van der Waals surface area contributed by atoms with E-state index in [2.05, 4.69) is 0 Å². The van der Waals surface area contributed by atoms with Gasteiger partial charge in [-0.05, 0) is 23.3 Å². The summed E-state index contributed by atoms with van der Waals surface area (Å²) in [5, 5.41) is 0. The first-order chi connectivity index (χ1) is 18.2. The Bertz CT molecular complexity index is 1110. The van der Waals surface area contributed by atoms with Gasteiger partial charge in [0, 0.05) is 12.0 Å². The highest BCUT2D eigenvalue weighted by Crippen LogP contribution is 2.33. The number of ether oxygens (including phenoxy) is 6. The van der Waals surface area contributed by atoms with E-state index in [4.69, 9.17) is 28.4 Å². The lowest BCUT2D eigenvalue weighted by molar-refractivity contribution is -0.363. The van der Waals surface area contributed by atoms with Crippen LogP contribution < -0.4 is 0 Å². The number of benzene rings is 3. The predicted octanol–water partition coefficient (Wildman–Crippen LogP) is 4.08. The summed E-state index contributed by atoms with van der Waals surface area (Å²) in [6.07, 6.45) is -3.26. The van der Waals surface area contributed by atoms with Crippen LogP contribution in [0.2, 0.25) is 0 Å². The highest BCUT2D eigenvalue weighted by Gasteiger charge is 2.51. The van der Waals surface area contributed by atoms with E-state index >= 15 is 0 Å². The second kappa shape index (κ2) is 12.9. The summed E-state index contributed by atoms with van der Waals surface area (Å²) in [5.74, 6) is 0.210. The summed E-state index contributed by atoms with van der Waals surface area (Å²) >= 11 is 0. The molecule has 37 heavy (non-hydrogen) atoms. The van der Waals surface area contributed by atoms with Crippen LogP contribution in [0.5, 0.6) is 0 Å². The molecule has 0 spiro atoms. The molecule has 0 N–H and O–H groups in total. The fraction of sp³-hybridized carbons (Fsp3) is 0.379. The van der Waals surface area contributed by atoms with Gasteiger partial charge in [0.2, 0.25) is 0 Å². The minimum atomic E-state index is -1.27. The summed E-state index contributed by atoms with van der Waals surface area (Å²) in [6.45, 7) is 1.02. The lowest BCUT2D eigenvalue weighted by Crippen LogP contribution is -2.64. The number of hydrogen-bond acceptors (Lipinski definition) is 7. The van der Waals surface area contributed by atoms with Crippen LogP contribution in [0.1, 0.15) is 11.1 Å². The molecule has 7 nitrogen and oxygen atoms in total. The maximum atomic E-state index is 12.9. The van der Waals surface area contributed by atoms with Crippen molar-refractivity contribution in [2.75, 3.05) is 19.5 Å². The van der Waals surface area contributed by atoms with E-state index in [0.717, 1.165) is 16.0 Å². The Kier molecular flexibility index (Phi) is 9.12. The van der Waals surface area contributed by atoms with Crippen LogP contribution in [0, 0.1) is 0 Å². The average molecular weight is 525 g/mol. The van der Waals surface area contributed by atoms with Crippen LogP contribution in [0.3, 0.4) is 0 Å². The molecule has 0 bridgehead atoms. The van der Waals surface area contributed by atoms with Gasteiger partial charge in [-0.1, -0.05) is 78.9 Å². The zero-order valence-electron chi connectivity index (χ0n) is 20.7. The van der Waals surface area contributed by atoms with Crippen molar-refractivity contribution in [3.05, 3.63) is 102 Å². The molecular formula is C29H32O7S. The molecule has 8 heteroatoms. The lowest BCUT2D eigenvalue weighted by atomic mass is 9.97. The second-order valence-corrected chi connectivity index (χ2v) is 10.5. The van der Waals surface area contributed by atoms with Gasteiger partial charge >= 0.3 is 0 Å². The smallest absolute Gasteiger partial charge is 0.186 e. The molecule has 0 saturated carbocycles. The second-order valence-electron chi connectivity index (χ2n) is 8.99. The fourth-order valence-corrected chi connectivity index (χ4v) is 5.64. The number of rotatable bonds is 10. The number of hydrogen-bond donors (Lipinski definition) is 0. The average Bonchev–Trinajstić information content (AvgIpc) is 2.96. The van der Waals surface area contributed by atoms with Crippen LogP contribution in [0.15, 0.2) is 95.9 Å². The van der Waals surface area contributed by atoms with Crippen molar-refractivity contribution < 1.29 is 32.6 Å². The van der Waals surface area contributed by atoms with E-state index in [1.807, 2.05) is 91.0 Å². The first kappa shape index (κ1) is 26.2. The lowest BCUT2D eigenvalue weighted by Gasteiger charge is -2.48. The van der Waals surface area contributed by atoms with Crippen molar-refractivity contribution in [3.8, 4) is 0 Å². The maximum Gasteiger partial charge on any atom is 0.186 e. The largest absolute Gasteiger partial charge is 0.368 e. The van der Waals surface area contributed by atoms with E-state index in [0.29, 0.717) is 13.2 Å². The molecule has 196 valence electrons. The molecule has 2 saturated heterocycles. The van der Waals surface area contributed by atoms with E-state index < -0.39 is 47.8 Å². The Morgan fingerprint density at radius 3 is 1.95 bits per heavy atom. The molecule has 0 amide bonds. The van der Waals surface area contributed by atoms with E-state index in [9.17, 15) is 4.21 Å². The van der Waals surface area contributed by atoms with Gasteiger partial charge in [0.15, 0.2) is 12.6 Å². The normalized spacial score (nSPS) is 28.4. The molecule has 2 fully saturated rings. The molecule has 5 rings (SSSR count). The van der Waals surface area contributed by atoms with Crippen LogP contribution in [0.4, 0.5) is 0 Å². The minimum absolute atomic E-state index is 0.210. The number of methoxy groups -OCH3 is 1. The monoisotopic (exact) mass is 524 g/mol. The molecule has 7 atom stereocenters. The van der Waals surface area contributed by atoms with Crippen molar-refractivity contribution in [2.24, 2.45) is 0 Å². The summed E-state index contributed by atoms with van der Waals surface area (Å²) in [5.41, 5.74) is 2.07. The maximum absolute atomic E-state index is 12.9. The first-order valence-corrected chi connectivity index (χ1v) is 13.7. The quantitative estimate of drug-likeness (QED) is 0.396. The standard InChI is InChI=1S/C29H32O7S/c1-31-29-28(34-18-22-13-7-3-8-14-22)27(33-17-21-11-5-2-6-12-21)26-24(35-29)19-32-25(36-26)20-37(30)23-15-9-4-10-16-23/h2-16,24-29H,17-20H2,1H3/t24-,25?,26-,27-,28-,29+,37?/m1/s1. The van der Waals surface area contributed by atoms with E-state index in [1.165, 1.54) is 0 Å². The molecule has 2 heterocycles. The van der Waals surface area contributed by atoms with Gasteiger partial charge in [-0.25, -0.2) is 0 Å². The molecule has 3 aromatic carbocycles. The Hall–Kier alpha value is -2.43. The topological polar surface area (TPSA) is 72.5 Å². The third-order valence-corrected chi connectivity index (χ3v) is 7.82. The highest BCUT2D eigenvalue weighted by atomic mass is 32.2. The number of fused-ring (bicyclic) bond motifs is 1. The third-order valence-electron chi connectivity index (χ3n) is 6.44. The van der Waals surface area contributed by atoms with Gasteiger partial charge in [-0.15, -0.1) is 0 Å². The van der Waals surface area contributed by atoms with Gasteiger partial charge in [-0.2, -0.15) is 0 Å². The molecule has 2 aliphatic rings. The van der Waals surface area contributed by atoms with Crippen molar-refractivity contribution in [1.29, 1.82) is 0 Å².